The Hall–Kier alpha value is -2.55. The molecule has 3 heteroatoms. The zero-order chi connectivity index (χ0) is 14.7. The van der Waals surface area contributed by atoms with Crippen LogP contribution in [0.2, 0.25) is 0 Å². The average Bonchev–Trinajstić information content (AvgIpc) is 2.89. The van der Waals surface area contributed by atoms with Gasteiger partial charge >= 0.3 is 0 Å². The lowest BCUT2D eigenvalue weighted by Gasteiger charge is -2.04. The summed E-state index contributed by atoms with van der Waals surface area (Å²) in [6, 6.07) is 20.5. The smallest absolute Gasteiger partial charge is 0.118 e. The van der Waals surface area contributed by atoms with Gasteiger partial charge in [-0.05, 0) is 42.8 Å². The molecule has 0 fully saturated rings. The van der Waals surface area contributed by atoms with Gasteiger partial charge < -0.3 is 4.74 Å². The summed E-state index contributed by atoms with van der Waals surface area (Å²) in [5, 5.41) is 4.71. The van der Waals surface area contributed by atoms with Crippen LogP contribution in [-0.2, 0) is 6.54 Å². The summed E-state index contributed by atoms with van der Waals surface area (Å²) in [6.45, 7) is 2.88. The molecule has 0 spiro atoms. The van der Waals surface area contributed by atoms with E-state index in [1.807, 2.05) is 35.0 Å². The van der Waals surface area contributed by atoms with Crippen molar-refractivity contribution in [3.05, 3.63) is 71.9 Å². The number of hydrogen-bond donors (Lipinski definition) is 0. The molecule has 0 bridgehead atoms. The molecule has 0 unspecified atom stereocenters. The van der Waals surface area contributed by atoms with Gasteiger partial charge in [0, 0.05) is 11.3 Å². The van der Waals surface area contributed by atoms with Gasteiger partial charge in [-0.3, -0.25) is 4.68 Å². The van der Waals surface area contributed by atoms with Gasteiger partial charge in [-0.25, -0.2) is 0 Å². The van der Waals surface area contributed by atoms with Crippen LogP contribution in [0.25, 0.3) is 11.3 Å². The van der Waals surface area contributed by atoms with Gasteiger partial charge in [0.05, 0.1) is 19.3 Å². The fraction of sp³-hybridized carbons (Fsp3) is 0.167. The fourth-order valence-electron chi connectivity index (χ4n) is 2.33. The van der Waals surface area contributed by atoms with Crippen LogP contribution in [-0.4, -0.2) is 16.9 Å². The topological polar surface area (TPSA) is 27.1 Å². The second-order valence-electron chi connectivity index (χ2n) is 5.04. The third-order valence-electron chi connectivity index (χ3n) is 3.54. The predicted octanol–water partition coefficient (Wildman–Crippen LogP) is 3.92. The van der Waals surface area contributed by atoms with E-state index < -0.39 is 0 Å². The second-order valence-corrected chi connectivity index (χ2v) is 5.04. The van der Waals surface area contributed by atoms with Crippen LogP contribution in [0.15, 0.2) is 60.7 Å². The highest BCUT2D eigenvalue weighted by atomic mass is 16.5. The summed E-state index contributed by atoms with van der Waals surface area (Å²) in [5.74, 6) is 0.860. The highest BCUT2D eigenvalue weighted by Crippen LogP contribution is 2.22. The third kappa shape index (κ3) is 2.97. The molecule has 0 aliphatic carbocycles. The Labute approximate surface area is 124 Å². The van der Waals surface area contributed by atoms with Crippen LogP contribution >= 0.6 is 0 Å². The SMILES string of the molecule is COc1ccc(-c2cc(C)n(Cc3ccccc3)n2)cc1. The van der Waals surface area contributed by atoms with E-state index in [-0.39, 0.29) is 0 Å². The lowest BCUT2D eigenvalue weighted by Crippen LogP contribution is -2.03. The van der Waals surface area contributed by atoms with Crippen molar-refractivity contribution in [1.29, 1.82) is 0 Å². The Balaban J connectivity index is 1.86. The summed E-state index contributed by atoms with van der Waals surface area (Å²) in [7, 11) is 1.67. The number of nitrogens with zero attached hydrogens (tertiary/aromatic N) is 2. The van der Waals surface area contributed by atoms with Gasteiger partial charge in [0.1, 0.15) is 5.75 Å². The van der Waals surface area contributed by atoms with E-state index in [0.29, 0.717) is 0 Å². The van der Waals surface area contributed by atoms with Crippen molar-refractivity contribution in [1.82, 2.24) is 9.78 Å². The number of aryl methyl sites for hydroxylation is 1. The predicted molar refractivity (Wildman–Crippen MR) is 84.5 cm³/mol. The molecule has 0 N–H and O–H groups in total. The van der Waals surface area contributed by atoms with E-state index in [9.17, 15) is 0 Å². The van der Waals surface area contributed by atoms with Crippen molar-refractivity contribution in [2.45, 2.75) is 13.5 Å². The normalized spacial score (nSPS) is 10.6. The molecule has 2 aromatic carbocycles. The minimum absolute atomic E-state index is 0.794. The molecule has 0 aliphatic heterocycles. The van der Waals surface area contributed by atoms with Gasteiger partial charge in [0.25, 0.3) is 0 Å². The molecular formula is C18H18N2O. The lowest BCUT2D eigenvalue weighted by molar-refractivity contribution is 0.415. The van der Waals surface area contributed by atoms with Crippen LogP contribution in [0.1, 0.15) is 11.3 Å². The van der Waals surface area contributed by atoms with Crippen molar-refractivity contribution in [3.63, 3.8) is 0 Å². The van der Waals surface area contributed by atoms with Crippen LogP contribution in [0.3, 0.4) is 0 Å². The van der Waals surface area contributed by atoms with Crippen LogP contribution in [0.5, 0.6) is 5.75 Å². The molecule has 3 rings (SSSR count). The molecule has 1 aromatic heterocycles. The molecule has 0 atom stereocenters. The minimum atomic E-state index is 0.794. The molecule has 3 aromatic rings. The Kier molecular flexibility index (Phi) is 3.73. The van der Waals surface area contributed by atoms with Crippen LogP contribution in [0, 0.1) is 6.92 Å². The Morgan fingerprint density at radius 3 is 2.38 bits per heavy atom. The van der Waals surface area contributed by atoms with Crippen LogP contribution < -0.4 is 4.74 Å². The molecule has 0 amide bonds. The van der Waals surface area contributed by atoms with Crippen molar-refractivity contribution >= 4 is 0 Å². The molecule has 21 heavy (non-hydrogen) atoms. The highest BCUT2D eigenvalue weighted by Gasteiger charge is 2.07. The summed E-state index contributed by atoms with van der Waals surface area (Å²) in [5.41, 5.74) is 4.51. The molecule has 3 nitrogen and oxygen atoms in total. The Morgan fingerprint density at radius 1 is 1.00 bits per heavy atom. The van der Waals surface area contributed by atoms with E-state index >= 15 is 0 Å². The summed E-state index contributed by atoms with van der Waals surface area (Å²) < 4.78 is 7.22. The minimum Gasteiger partial charge on any atom is -0.497 e. The lowest BCUT2D eigenvalue weighted by atomic mass is 10.1. The van der Waals surface area contributed by atoms with Gasteiger partial charge in [0.2, 0.25) is 0 Å². The first-order valence-corrected chi connectivity index (χ1v) is 6.99. The number of rotatable bonds is 4. The monoisotopic (exact) mass is 278 g/mol. The first kappa shape index (κ1) is 13.4. The first-order valence-electron chi connectivity index (χ1n) is 6.99. The van der Waals surface area contributed by atoms with Crippen LogP contribution in [0.4, 0.5) is 0 Å². The second kappa shape index (κ2) is 5.83. The van der Waals surface area contributed by atoms with E-state index in [4.69, 9.17) is 9.84 Å². The van der Waals surface area contributed by atoms with Gasteiger partial charge in [-0.2, -0.15) is 5.10 Å². The van der Waals surface area contributed by atoms with E-state index in [0.717, 1.165) is 29.2 Å². The molecule has 106 valence electrons. The number of methoxy groups -OCH3 is 1. The largest absolute Gasteiger partial charge is 0.497 e. The maximum atomic E-state index is 5.19. The van der Waals surface area contributed by atoms with Crippen molar-refractivity contribution in [3.8, 4) is 17.0 Å². The first-order chi connectivity index (χ1) is 10.3. The van der Waals surface area contributed by atoms with E-state index in [2.05, 4.69) is 37.3 Å². The standard InChI is InChI=1S/C18H18N2O/c1-14-12-18(16-8-10-17(21-2)11-9-16)19-20(14)13-15-6-4-3-5-7-15/h3-12H,13H2,1-2H3. The Morgan fingerprint density at radius 2 is 1.71 bits per heavy atom. The van der Waals surface area contributed by atoms with E-state index in [1.165, 1.54) is 5.56 Å². The maximum Gasteiger partial charge on any atom is 0.118 e. The zero-order valence-electron chi connectivity index (χ0n) is 12.3. The molecule has 0 radical (unpaired) electrons. The van der Waals surface area contributed by atoms with E-state index in [1.54, 1.807) is 7.11 Å². The van der Waals surface area contributed by atoms with Gasteiger partial charge in [0.15, 0.2) is 0 Å². The quantitative estimate of drug-likeness (QED) is 0.723. The number of hydrogen-bond acceptors (Lipinski definition) is 2. The van der Waals surface area contributed by atoms with Gasteiger partial charge in [-0.15, -0.1) is 0 Å². The Bertz CT molecular complexity index is 715. The number of ether oxygens (including phenoxy) is 1. The molecular weight excluding hydrogens is 260 g/mol. The fourth-order valence-corrected chi connectivity index (χ4v) is 2.33. The number of benzene rings is 2. The summed E-state index contributed by atoms with van der Waals surface area (Å²) in [6.07, 6.45) is 0. The van der Waals surface area contributed by atoms with Crippen molar-refractivity contribution in [2.24, 2.45) is 0 Å². The third-order valence-corrected chi connectivity index (χ3v) is 3.54. The van der Waals surface area contributed by atoms with Crippen molar-refractivity contribution < 1.29 is 4.74 Å². The molecule has 0 aliphatic rings. The highest BCUT2D eigenvalue weighted by molar-refractivity contribution is 5.60. The summed E-state index contributed by atoms with van der Waals surface area (Å²) in [4.78, 5) is 0. The zero-order valence-corrected chi connectivity index (χ0v) is 12.3. The maximum absolute atomic E-state index is 5.19. The van der Waals surface area contributed by atoms with Crippen molar-refractivity contribution in [2.75, 3.05) is 7.11 Å². The molecule has 0 saturated carbocycles. The molecule has 0 saturated heterocycles. The average molecular weight is 278 g/mol. The van der Waals surface area contributed by atoms with Gasteiger partial charge in [-0.1, -0.05) is 30.3 Å². The summed E-state index contributed by atoms with van der Waals surface area (Å²) >= 11 is 0. The molecule has 1 heterocycles. The number of aromatic nitrogens is 2.